The Bertz CT molecular complexity index is 521. The largest absolute Gasteiger partial charge is 0.448 e. The summed E-state index contributed by atoms with van der Waals surface area (Å²) in [5.74, 6) is -0.961. The number of nitrogens with two attached hydrogens (primary N) is 1. The molecule has 0 bridgehead atoms. The van der Waals surface area contributed by atoms with Gasteiger partial charge in [0.1, 0.15) is 0 Å². The number of rotatable bonds is 6. The molecule has 1 heterocycles. The Morgan fingerprint density at radius 2 is 1.95 bits per heavy atom. The van der Waals surface area contributed by atoms with Gasteiger partial charge in [-0.25, -0.2) is 4.79 Å². The number of nitrogens with zero attached hydrogens (tertiary/aromatic N) is 2. The summed E-state index contributed by atoms with van der Waals surface area (Å²) in [6, 6.07) is 0.0858. The molecule has 21 heavy (non-hydrogen) atoms. The van der Waals surface area contributed by atoms with Crippen LogP contribution < -0.4 is 11.1 Å². The lowest BCUT2D eigenvalue weighted by Gasteiger charge is -2.18. The average Bonchev–Trinajstić information content (AvgIpc) is 2.68. The molecule has 0 aliphatic heterocycles. The number of aromatic nitrogens is 2. The van der Waals surface area contributed by atoms with E-state index in [1.807, 2.05) is 13.8 Å². The van der Waals surface area contributed by atoms with Crippen LogP contribution in [0.4, 0.5) is 5.69 Å². The molecule has 0 aliphatic carbocycles. The number of nitrogen functional groups attached to an aromatic ring is 1. The molecule has 1 aromatic rings. The molecular weight excluding hydrogens is 272 g/mol. The molecule has 0 aliphatic rings. The monoisotopic (exact) mass is 296 g/mol. The van der Waals surface area contributed by atoms with E-state index < -0.39 is 12.1 Å². The van der Waals surface area contributed by atoms with Crippen molar-refractivity contribution in [2.24, 2.45) is 7.05 Å². The molecule has 0 fully saturated rings. The van der Waals surface area contributed by atoms with Crippen LogP contribution in [0.3, 0.4) is 0 Å². The fourth-order valence-corrected chi connectivity index (χ4v) is 2.00. The highest BCUT2D eigenvalue weighted by molar-refractivity contribution is 5.95. The topological polar surface area (TPSA) is 99.2 Å². The van der Waals surface area contributed by atoms with Crippen LogP contribution in [0.2, 0.25) is 0 Å². The van der Waals surface area contributed by atoms with Gasteiger partial charge in [0, 0.05) is 13.1 Å². The minimum Gasteiger partial charge on any atom is -0.448 e. The third-order valence-corrected chi connectivity index (χ3v) is 3.45. The maximum absolute atomic E-state index is 12.1. The lowest BCUT2D eigenvalue weighted by Crippen LogP contribution is -2.41. The smallest absolute Gasteiger partial charge is 0.359 e. The van der Waals surface area contributed by atoms with Crippen LogP contribution in [-0.2, 0) is 16.6 Å². The van der Waals surface area contributed by atoms with Gasteiger partial charge in [-0.1, -0.05) is 13.8 Å². The van der Waals surface area contributed by atoms with Crippen molar-refractivity contribution in [1.29, 1.82) is 0 Å². The van der Waals surface area contributed by atoms with Crippen molar-refractivity contribution in [3.63, 3.8) is 0 Å². The second-order valence-corrected chi connectivity index (χ2v) is 5.04. The first-order valence-corrected chi connectivity index (χ1v) is 7.12. The number of anilines is 1. The summed E-state index contributed by atoms with van der Waals surface area (Å²) < 4.78 is 6.53. The standard InChI is InChI=1S/C14H24N4O3/c1-6-10(7-2)16-13(19)9(4)21-14(20)12-11(15)8(3)17-18(12)5/h9-10H,6-7,15H2,1-5H3,(H,16,19). The van der Waals surface area contributed by atoms with Crippen LogP contribution in [0.25, 0.3) is 0 Å². The number of carbonyl (C=O) groups is 2. The first kappa shape index (κ1) is 17.0. The predicted molar refractivity (Wildman–Crippen MR) is 79.7 cm³/mol. The highest BCUT2D eigenvalue weighted by Gasteiger charge is 2.25. The van der Waals surface area contributed by atoms with E-state index in [9.17, 15) is 9.59 Å². The zero-order chi connectivity index (χ0) is 16.2. The van der Waals surface area contributed by atoms with E-state index in [2.05, 4.69) is 10.4 Å². The van der Waals surface area contributed by atoms with Gasteiger partial charge in [0.25, 0.3) is 5.91 Å². The molecule has 1 unspecified atom stereocenters. The maximum atomic E-state index is 12.1. The van der Waals surface area contributed by atoms with Gasteiger partial charge in [0.2, 0.25) is 0 Å². The van der Waals surface area contributed by atoms with Crippen molar-refractivity contribution in [2.75, 3.05) is 5.73 Å². The van der Waals surface area contributed by atoms with E-state index in [4.69, 9.17) is 10.5 Å². The minimum atomic E-state index is -0.882. The molecule has 0 saturated heterocycles. The Morgan fingerprint density at radius 1 is 1.38 bits per heavy atom. The normalized spacial score (nSPS) is 12.3. The van der Waals surface area contributed by atoms with Crippen molar-refractivity contribution in [2.45, 2.75) is 52.7 Å². The number of carbonyl (C=O) groups excluding carboxylic acids is 2. The van der Waals surface area contributed by atoms with Gasteiger partial charge in [-0.2, -0.15) is 5.10 Å². The second-order valence-electron chi connectivity index (χ2n) is 5.04. The van der Waals surface area contributed by atoms with E-state index in [1.165, 1.54) is 11.6 Å². The van der Waals surface area contributed by atoms with Crippen molar-refractivity contribution in [1.82, 2.24) is 15.1 Å². The Balaban J connectivity index is 2.72. The minimum absolute atomic E-state index is 0.0858. The van der Waals surface area contributed by atoms with Gasteiger partial charge in [-0.3, -0.25) is 9.48 Å². The fraction of sp³-hybridized carbons (Fsp3) is 0.643. The number of ether oxygens (including phenoxy) is 1. The first-order valence-electron chi connectivity index (χ1n) is 7.12. The number of esters is 1. The van der Waals surface area contributed by atoms with Gasteiger partial charge < -0.3 is 15.8 Å². The molecule has 1 rings (SSSR count). The van der Waals surface area contributed by atoms with E-state index in [0.717, 1.165) is 12.8 Å². The molecule has 1 amide bonds. The summed E-state index contributed by atoms with van der Waals surface area (Å²) in [5.41, 5.74) is 6.78. The lowest BCUT2D eigenvalue weighted by molar-refractivity contribution is -0.129. The van der Waals surface area contributed by atoms with E-state index in [1.54, 1.807) is 14.0 Å². The molecule has 118 valence electrons. The molecule has 7 nitrogen and oxygen atoms in total. The SMILES string of the molecule is CCC(CC)NC(=O)C(C)OC(=O)c1c(N)c(C)nn1C. The molecule has 0 spiro atoms. The lowest BCUT2D eigenvalue weighted by atomic mass is 10.1. The van der Waals surface area contributed by atoms with Crippen LogP contribution in [0.15, 0.2) is 0 Å². The fourth-order valence-electron chi connectivity index (χ4n) is 2.00. The molecule has 1 atom stereocenters. The number of nitrogens with one attached hydrogen (secondary N) is 1. The molecule has 7 heteroatoms. The molecule has 0 aromatic carbocycles. The van der Waals surface area contributed by atoms with Crippen LogP contribution >= 0.6 is 0 Å². The number of aryl methyl sites for hydroxylation is 2. The summed E-state index contributed by atoms with van der Waals surface area (Å²) in [6.07, 6.45) is 0.779. The Kier molecular flexibility index (Phi) is 5.75. The Morgan fingerprint density at radius 3 is 2.38 bits per heavy atom. The van der Waals surface area contributed by atoms with Gasteiger partial charge in [-0.05, 0) is 26.7 Å². The molecule has 0 radical (unpaired) electrons. The molecule has 1 aromatic heterocycles. The van der Waals surface area contributed by atoms with Crippen molar-refractivity contribution in [3.05, 3.63) is 11.4 Å². The second kappa shape index (κ2) is 7.10. The summed E-state index contributed by atoms with van der Waals surface area (Å²) in [4.78, 5) is 24.1. The van der Waals surface area contributed by atoms with Gasteiger partial charge in [0.05, 0.1) is 11.4 Å². The van der Waals surface area contributed by atoms with Crippen LogP contribution in [-0.4, -0.2) is 33.8 Å². The van der Waals surface area contributed by atoms with Gasteiger partial charge in [-0.15, -0.1) is 0 Å². The highest BCUT2D eigenvalue weighted by Crippen LogP contribution is 2.17. The zero-order valence-electron chi connectivity index (χ0n) is 13.3. The third kappa shape index (κ3) is 3.96. The van der Waals surface area contributed by atoms with Gasteiger partial charge >= 0.3 is 5.97 Å². The number of hydrogen-bond acceptors (Lipinski definition) is 5. The summed E-state index contributed by atoms with van der Waals surface area (Å²) in [6.45, 7) is 7.22. The summed E-state index contributed by atoms with van der Waals surface area (Å²) >= 11 is 0. The van der Waals surface area contributed by atoms with E-state index >= 15 is 0 Å². The van der Waals surface area contributed by atoms with Crippen molar-refractivity contribution in [3.8, 4) is 0 Å². The predicted octanol–water partition coefficient (Wildman–Crippen LogP) is 1.16. The highest BCUT2D eigenvalue weighted by atomic mass is 16.5. The Labute approximate surface area is 124 Å². The van der Waals surface area contributed by atoms with Crippen molar-refractivity contribution < 1.29 is 14.3 Å². The summed E-state index contributed by atoms with van der Waals surface area (Å²) in [7, 11) is 1.61. The third-order valence-electron chi connectivity index (χ3n) is 3.45. The zero-order valence-corrected chi connectivity index (χ0v) is 13.3. The van der Waals surface area contributed by atoms with Gasteiger partial charge in [0.15, 0.2) is 11.8 Å². The number of hydrogen-bond donors (Lipinski definition) is 2. The quantitative estimate of drug-likeness (QED) is 0.767. The maximum Gasteiger partial charge on any atom is 0.359 e. The molecular formula is C14H24N4O3. The van der Waals surface area contributed by atoms with Crippen LogP contribution in [0.1, 0.15) is 49.8 Å². The average molecular weight is 296 g/mol. The first-order chi connectivity index (χ1) is 9.81. The van der Waals surface area contributed by atoms with Crippen LogP contribution in [0.5, 0.6) is 0 Å². The Hall–Kier alpha value is -2.05. The van der Waals surface area contributed by atoms with Crippen LogP contribution in [0, 0.1) is 6.92 Å². The van der Waals surface area contributed by atoms with E-state index in [0.29, 0.717) is 5.69 Å². The number of amides is 1. The van der Waals surface area contributed by atoms with E-state index in [-0.39, 0.29) is 23.3 Å². The van der Waals surface area contributed by atoms with Crippen molar-refractivity contribution >= 4 is 17.6 Å². The summed E-state index contributed by atoms with van der Waals surface area (Å²) in [5, 5.41) is 6.89. The molecule has 3 N–H and O–H groups in total. The molecule has 0 saturated carbocycles.